The summed E-state index contributed by atoms with van der Waals surface area (Å²) in [6.07, 6.45) is 3.78. The molecule has 1 aromatic rings. The summed E-state index contributed by atoms with van der Waals surface area (Å²) in [6, 6.07) is 7.14. The molecule has 25 heavy (non-hydrogen) atoms. The normalized spacial score (nSPS) is 24.6. The van der Waals surface area contributed by atoms with E-state index in [0.29, 0.717) is 11.1 Å². The second-order valence-corrected chi connectivity index (χ2v) is 13.6. The molecule has 0 atom stereocenters. The van der Waals surface area contributed by atoms with Gasteiger partial charge in [0, 0.05) is 12.1 Å². The van der Waals surface area contributed by atoms with Crippen LogP contribution in [0, 0.1) is 0 Å². The van der Waals surface area contributed by atoms with E-state index in [-0.39, 0.29) is 29.0 Å². The largest absolute Gasteiger partial charge is 0.414 e. The van der Waals surface area contributed by atoms with Gasteiger partial charge in [-0.2, -0.15) is 0 Å². The van der Waals surface area contributed by atoms with Crippen molar-refractivity contribution < 1.29 is 14.0 Å². The van der Waals surface area contributed by atoms with Gasteiger partial charge in [0.1, 0.15) is 0 Å². The molecule has 1 fully saturated rings. The first-order chi connectivity index (χ1) is 11.6. The number of fused-ring (bicyclic) bond motifs is 1. The van der Waals surface area contributed by atoms with Crippen molar-refractivity contribution >= 4 is 20.1 Å². The average molecular weight is 360 g/mol. The molecule has 2 amide bonds. The van der Waals surface area contributed by atoms with Crippen LogP contribution in [0.25, 0.3) is 0 Å². The molecule has 4 nitrogen and oxygen atoms in total. The van der Waals surface area contributed by atoms with Crippen molar-refractivity contribution in [3.63, 3.8) is 0 Å². The van der Waals surface area contributed by atoms with Crippen LogP contribution in [-0.4, -0.2) is 37.2 Å². The van der Waals surface area contributed by atoms with E-state index in [1.165, 1.54) is 4.90 Å². The summed E-state index contributed by atoms with van der Waals surface area (Å²) in [5.74, 6) is -0.260. The third-order valence-electron chi connectivity index (χ3n) is 6.10. The molecule has 0 spiro atoms. The number of nitrogens with zero attached hydrogens (tertiary/aromatic N) is 1. The predicted octanol–water partition coefficient (Wildman–Crippen LogP) is 4.62. The fourth-order valence-corrected chi connectivity index (χ4v) is 4.98. The molecule has 1 saturated carbocycles. The molecule has 1 aliphatic heterocycles. The van der Waals surface area contributed by atoms with Gasteiger partial charge in [-0.1, -0.05) is 32.9 Å². The number of rotatable bonds is 3. The molecule has 3 rings (SSSR count). The van der Waals surface area contributed by atoms with E-state index in [9.17, 15) is 9.59 Å². The maximum atomic E-state index is 12.6. The fraction of sp³-hybridized carbons (Fsp3) is 0.600. The van der Waals surface area contributed by atoms with Crippen LogP contribution in [-0.2, 0) is 4.43 Å². The highest BCUT2D eigenvalue weighted by Crippen LogP contribution is 2.40. The zero-order valence-electron chi connectivity index (χ0n) is 16.0. The van der Waals surface area contributed by atoms with E-state index in [2.05, 4.69) is 33.9 Å². The topological polar surface area (TPSA) is 46.6 Å². The lowest BCUT2D eigenvalue weighted by Crippen LogP contribution is -2.47. The Bertz CT molecular complexity index is 649. The molecule has 2 aliphatic rings. The lowest BCUT2D eigenvalue weighted by molar-refractivity contribution is 0.0464. The first kappa shape index (κ1) is 18.3. The number of carbonyl (C=O) groups excluding carboxylic acids is 2. The minimum absolute atomic E-state index is 0.00617. The minimum Gasteiger partial charge on any atom is -0.414 e. The van der Waals surface area contributed by atoms with E-state index >= 15 is 0 Å². The lowest BCUT2D eigenvalue weighted by Gasteiger charge is -2.42. The summed E-state index contributed by atoms with van der Waals surface area (Å²) >= 11 is 0. The van der Waals surface area contributed by atoms with Crippen molar-refractivity contribution in [2.75, 3.05) is 0 Å². The quantitative estimate of drug-likeness (QED) is 0.584. The molecule has 136 valence electrons. The van der Waals surface area contributed by atoms with Gasteiger partial charge in [-0.15, -0.1) is 0 Å². The smallest absolute Gasteiger partial charge is 0.261 e. The Hall–Kier alpha value is -1.46. The van der Waals surface area contributed by atoms with Crippen molar-refractivity contribution in [3.05, 3.63) is 35.4 Å². The zero-order chi connectivity index (χ0) is 18.4. The van der Waals surface area contributed by atoms with Crippen molar-refractivity contribution in [1.82, 2.24) is 4.90 Å². The molecule has 5 heteroatoms. The molecule has 0 saturated heterocycles. The minimum atomic E-state index is -1.77. The van der Waals surface area contributed by atoms with Crippen LogP contribution in [0.1, 0.15) is 67.2 Å². The Kier molecular flexibility index (Phi) is 4.66. The van der Waals surface area contributed by atoms with Crippen LogP contribution in [0.5, 0.6) is 0 Å². The highest BCUT2D eigenvalue weighted by Gasteiger charge is 2.43. The second-order valence-electron chi connectivity index (χ2n) is 8.83. The Morgan fingerprint density at radius 3 is 1.88 bits per heavy atom. The van der Waals surface area contributed by atoms with E-state index in [0.717, 1.165) is 25.7 Å². The van der Waals surface area contributed by atoms with Crippen LogP contribution in [0.2, 0.25) is 18.1 Å². The van der Waals surface area contributed by atoms with Gasteiger partial charge in [-0.3, -0.25) is 14.5 Å². The first-order valence-corrected chi connectivity index (χ1v) is 12.2. The van der Waals surface area contributed by atoms with Gasteiger partial charge in [0.25, 0.3) is 11.8 Å². The van der Waals surface area contributed by atoms with Crippen LogP contribution in [0.3, 0.4) is 0 Å². The zero-order valence-corrected chi connectivity index (χ0v) is 17.0. The molecule has 0 radical (unpaired) electrons. The predicted molar refractivity (Wildman–Crippen MR) is 101 cm³/mol. The maximum Gasteiger partial charge on any atom is 0.261 e. The van der Waals surface area contributed by atoms with E-state index < -0.39 is 8.32 Å². The number of benzene rings is 1. The van der Waals surface area contributed by atoms with Crippen LogP contribution in [0.15, 0.2) is 24.3 Å². The molecule has 0 bridgehead atoms. The van der Waals surface area contributed by atoms with Crippen molar-refractivity contribution in [1.29, 1.82) is 0 Å². The highest BCUT2D eigenvalue weighted by molar-refractivity contribution is 6.74. The molecule has 0 aromatic heterocycles. The monoisotopic (exact) mass is 359 g/mol. The molecule has 0 unspecified atom stereocenters. The lowest BCUT2D eigenvalue weighted by atomic mass is 9.92. The summed E-state index contributed by atoms with van der Waals surface area (Å²) in [4.78, 5) is 26.8. The summed E-state index contributed by atoms with van der Waals surface area (Å²) in [5.41, 5.74) is 1.10. The van der Waals surface area contributed by atoms with Crippen LogP contribution < -0.4 is 0 Å². The Labute approximate surface area is 151 Å². The highest BCUT2D eigenvalue weighted by atomic mass is 28.4. The molecule has 0 N–H and O–H groups in total. The summed E-state index contributed by atoms with van der Waals surface area (Å²) < 4.78 is 6.52. The number of carbonyl (C=O) groups is 2. The summed E-state index contributed by atoms with van der Waals surface area (Å²) in [7, 11) is -1.77. The molecule has 1 aliphatic carbocycles. The third kappa shape index (κ3) is 3.32. The standard InChI is InChI=1S/C20H29NO3Si/c1-20(2,3)25(4,5)24-15-12-10-14(11-13-15)21-18(22)16-8-6-7-9-17(16)19(21)23/h6-9,14-15H,10-13H2,1-5H3. The number of amides is 2. The summed E-state index contributed by atoms with van der Waals surface area (Å²) in [6.45, 7) is 11.3. The Morgan fingerprint density at radius 1 is 0.960 bits per heavy atom. The first-order valence-electron chi connectivity index (χ1n) is 9.26. The Morgan fingerprint density at radius 2 is 1.44 bits per heavy atom. The van der Waals surface area contributed by atoms with Gasteiger partial charge < -0.3 is 4.43 Å². The van der Waals surface area contributed by atoms with Gasteiger partial charge in [-0.05, 0) is 55.9 Å². The Balaban J connectivity index is 1.64. The SMILES string of the molecule is CC(C)(C)[Si](C)(C)OC1CCC(N2C(=O)c3ccccc3C2=O)CC1. The van der Waals surface area contributed by atoms with Gasteiger partial charge in [0.2, 0.25) is 0 Å². The summed E-state index contributed by atoms with van der Waals surface area (Å²) in [5, 5.41) is 0.201. The van der Waals surface area contributed by atoms with Gasteiger partial charge >= 0.3 is 0 Å². The number of hydrogen-bond donors (Lipinski definition) is 0. The third-order valence-corrected chi connectivity index (χ3v) is 10.6. The van der Waals surface area contributed by atoms with E-state index in [1.54, 1.807) is 12.1 Å². The van der Waals surface area contributed by atoms with Gasteiger partial charge in [0.15, 0.2) is 8.32 Å². The maximum absolute atomic E-state index is 12.6. The molecule has 1 aromatic carbocycles. The second kappa shape index (κ2) is 6.36. The van der Waals surface area contributed by atoms with Gasteiger partial charge in [-0.25, -0.2) is 0 Å². The van der Waals surface area contributed by atoms with Crippen LogP contribution in [0.4, 0.5) is 0 Å². The number of hydrogen-bond acceptors (Lipinski definition) is 3. The molecule has 1 heterocycles. The van der Waals surface area contributed by atoms with Crippen molar-refractivity contribution in [2.24, 2.45) is 0 Å². The van der Waals surface area contributed by atoms with Crippen molar-refractivity contribution in [3.8, 4) is 0 Å². The van der Waals surface area contributed by atoms with Gasteiger partial charge in [0.05, 0.1) is 11.1 Å². The van der Waals surface area contributed by atoms with E-state index in [4.69, 9.17) is 4.43 Å². The average Bonchev–Trinajstić information content (AvgIpc) is 2.79. The fourth-order valence-electron chi connectivity index (χ4n) is 3.55. The van der Waals surface area contributed by atoms with Crippen LogP contribution >= 0.6 is 0 Å². The number of imide groups is 1. The molecular formula is C20H29NO3Si. The van der Waals surface area contributed by atoms with Crippen molar-refractivity contribution in [2.45, 2.75) is 76.7 Å². The van der Waals surface area contributed by atoms with E-state index in [1.807, 2.05) is 12.1 Å². The molecular weight excluding hydrogens is 330 g/mol.